The molecule has 0 bridgehead atoms. The summed E-state index contributed by atoms with van der Waals surface area (Å²) in [7, 11) is 0. The molecule has 6 nitrogen and oxygen atoms in total. The third kappa shape index (κ3) is 3.40. The predicted octanol–water partition coefficient (Wildman–Crippen LogP) is 1.74. The molecule has 2 rings (SSSR count). The Labute approximate surface area is 117 Å². The summed E-state index contributed by atoms with van der Waals surface area (Å²) >= 11 is -2.52. The van der Waals surface area contributed by atoms with Crippen LogP contribution in [0.15, 0.2) is 48.7 Å². The Morgan fingerprint density at radius 1 is 1.25 bits per heavy atom. The molecule has 2 unspecified atom stereocenters. The number of benzene rings is 1. The summed E-state index contributed by atoms with van der Waals surface area (Å²) in [4.78, 5) is 14.6. The van der Waals surface area contributed by atoms with Crippen LogP contribution < -0.4 is 4.74 Å². The van der Waals surface area contributed by atoms with E-state index in [0.717, 1.165) is 0 Å². The lowest BCUT2D eigenvalue weighted by molar-refractivity contribution is 0.0697. The van der Waals surface area contributed by atoms with Gasteiger partial charge in [0.15, 0.2) is 0 Å². The van der Waals surface area contributed by atoms with Crippen molar-refractivity contribution in [2.75, 3.05) is 0 Å². The first-order chi connectivity index (χ1) is 9.58. The van der Waals surface area contributed by atoms with Crippen LogP contribution in [0, 0.1) is 0 Å². The molecule has 1 heterocycles. The highest BCUT2D eigenvalue weighted by molar-refractivity contribution is 7.79. The number of hydrogen-bond donors (Lipinski definition) is 1. The summed E-state index contributed by atoms with van der Waals surface area (Å²) < 4.78 is 27.8. The highest BCUT2D eigenvalue weighted by Gasteiger charge is 2.15. The van der Waals surface area contributed by atoms with Gasteiger partial charge in [-0.25, -0.2) is 4.79 Å². The average Bonchev–Trinajstić information content (AvgIpc) is 2.46. The highest BCUT2D eigenvalue weighted by atomic mass is 32.2. The SMILES string of the molecule is O=C(O)c1ccc(OC(c2ccccn2)S(=O)[O-])cc1. The molecule has 0 aliphatic rings. The topological polar surface area (TPSA) is 99.6 Å². The van der Waals surface area contributed by atoms with Crippen LogP contribution in [0.5, 0.6) is 5.75 Å². The Bertz CT molecular complexity index is 614. The highest BCUT2D eigenvalue weighted by Crippen LogP contribution is 2.23. The maximum Gasteiger partial charge on any atom is 0.335 e. The number of pyridine rings is 1. The molecule has 1 N–H and O–H groups in total. The largest absolute Gasteiger partial charge is 0.769 e. The van der Waals surface area contributed by atoms with Crippen LogP contribution in [0.2, 0.25) is 0 Å². The molecule has 0 fully saturated rings. The number of carboxylic acids is 1. The Hall–Kier alpha value is -2.25. The van der Waals surface area contributed by atoms with E-state index in [-0.39, 0.29) is 17.0 Å². The van der Waals surface area contributed by atoms with Gasteiger partial charge in [-0.05, 0) is 47.5 Å². The van der Waals surface area contributed by atoms with Crippen molar-refractivity contribution in [3.8, 4) is 5.75 Å². The number of aromatic nitrogens is 1. The molecule has 20 heavy (non-hydrogen) atoms. The number of nitrogens with zero attached hydrogens (tertiary/aromatic N) is 1. The van der Waals surface area contributed by atoms with Crippen LogP contribution in [0.4, 0.5) is 0 Å². The van der Waals surface area contributed by atoms with E-state index in [0.29, 0.717) is 0 Å². The molecular formula is C13H10NO5S-. The average molecular weight is 292 g/mol. The number of carboxylic acid groups (broad SMARTS) is 1. The summed E-state index contributed by atoms with van der Waals surface area (Å²) in [6.45, 7) is 0. The van der Waals surface area contributed by atoms with E-state index in [9.17, 15) is 13.6 Å². The number of carbonyl (C=O) groups is 1. The van der Waals surface area contributed by atoms with Crippen LogP contribution in [0.1, 0.15) is 21.5 Å². The lowest BCUT2D eigenvalue weighted by atomic mass is 10.2. The van der Waals surface area contributed by atoms with Crippen LogP contribution >= 0.6 is 0 Å². The number of ether oxygens (including phenoxy) is 1. The molecule has 7 heteroatoms. The molecule has 1 aromatic carbocycles. The summed E-state index contributed by atoms with van der Waals surface area (Å²) in [6, 6.07) is 10.3. The van der Waals surface area contributed by atoms with Crippen LogP contribution in [0.25, 0.3) is 0 Å². The van der Waals surface area contributed by atoms with E-state index in [1.807, 2.05) is 0 Å². The monoisotopic (exact) mass is 292 g/mol. The molecule has 0 aliphatic heterocycles. The molecule has 0 saturated heterocycles. The Morgan fingerprint density at radius 2 is 1.95 bits per heavy atom. The van der Waals surface area contributed by atoms with Crippen molar-refractivity contribution in [1.82, 2.24) is 4.98 Å². The third-order valence-corrected chi connectivity index (χ3v) is 3.14. The molecule has 0 radical (unpaired) electrons. The Kier molecular flexibility index (Phi) is 4.44. The molecule has 0 saturated carbocycles. The molecule has 0 amide bonds. The van der Waals surface area contributed by atoms with Crippen molar-refractivity contribution < 1.29 is 23.4 Å². The lowest BCUT2D eigenvalue weighted by Gasteiger charge is -2.20. The molecule has 2 atom stereocenters. The van der Waals surface area contributed by atoms with Gasteiger partial charge in [0, 0.05) is 6.20 Å². The van der Waals surface area contributed by atoms with Gasteiger partial charge in [-0.2, -0.15) is 0 Å². The Balaban J connectivity index is 2.21. The van der Waals surface area contributed by atoms with Crippen molar-refractivity contribution in [2.24, 2.45) is 0 Å². The molecule has 0 aliphatic carbocycles. The van der Waals surface area contributed by atoms with E-state index in [4.69, 9.17) is 9.84 Å². The fourth-order valence-electron chi connectivity index (χ4n) is 1.51. The second kappa shape index (κ2) is 6.27. The molecule has 0 spiro atoms. The maximum atomic E-state index is 11.2. The van der Waals surface area contributed by atoms with Gasteiger partial charge in [-0.15, -0.1) is 0 Å². The van der Waals surface area contributed by atoms with E-state index in [1.165, 1.54) is 36.5 Å². The van der Waals surface area contributed by atoms with Gasteiger partial charge in [0.25, 0.3) is 0 Å². The second-order valence-corrected chi connectivity index (χ2v) is 4.74. The first kappa shape index (κ1) is 14.2. The number of rotatable bonds is 5. The smallest absolute Gasteiger partial charge is 0.335 e. The quantitative estimate of drug-likeness (QED) is 0.842. The lowest BCUT2D eigenvalue weighted by Crippen LogP contribution is -2.14. The molecule has 104 valence electrons. The first-order valence-electron chi connectivity index (χ1n) is 5.57. The molecule has 1 aromatic heterocycles. The van der Waals surface area contributed by atoms with Gasteiger partial charge >= 0.3 is 5.97 Å². The van der Waals surface area contributed by atoms with Gasteiger partial charge in [0.05, 0.1) is 11.3 Å². The minimum atomic E-state index is -2.52. The molecule has 2 aromatic rings. The van der Waals surface area contributed by atoms with Crippen LogP contribution in [-0.2, 0) is 11.1 Å². The van der Waals surface area contributed by atoms with Gasteiger partial charge < -0.3 is 14.4 Å². The van der Waals surface area contributed by atoms with E-state index < -0.39 is 22.5 Å². The predicted molar refractivity (Wildman–Crippen MR) is 69.9 cm³/mol. The zero-order chi connectivity index (χ0) is 14.5. The number of aromatic carboxylic acids is 1. The number of hydrogen-bond acceptors (Lipinski definition) is 5. The maximum absolute atomic E-state index is 11.2. The van der Waals surface area contributed by atoms with E-state index in [1.54, 1.807) is 12.1 Å². The van der Waals surface area contributed by atoms with Gasteiger partial charge in [0.1, 0.15) is 5.75 Å². The minimum absolute atomic E-state index is 0.0926. The summed E-state index contributed by atoms with van der Waals surface area (Å²) in [5.74, 6) is -0.819. The fraction of sp³-hybridized carbons (Fsp3) is 0.0769. The van der Waals surface area contributed by atoms with E-state index >= 15 is 0 Å². The second-order valence-electron chi connectivity index (χ2n) is 3.79. The fourth-order valence-corrected chi connectivity index (χ4v) is 2.04. The standard InChI is InChI=1S/C13H11NO5S/c15-12(16)9-4-6-10(7-5-9)19-13(20(17)18)11-3-1-2-8-14-11/h1-8,13H,(H,15,16)(H,17,18)/p-1. The van der Waals surface area contributed by atoms with E-state index in [2.05, 4.69) is 4.98 Å². The normalized spacial score (nSPS) is 13.4. The Morgan fingerprint density at radius 3 is 2.45 bits per heavy atom. The van der Waals surface area contributed by atoms with Crippen molar-refractivity contribution in [1.29, 1.82) is 0 Å². The zero-order valence-corrected chi connectivity index (χ0v) is 10.9. The third-order valence-electron chi connectivity index (χ3n) is 2.45. The van der Waals surface area contributed by atoms with Crippen molar-refractivity contribution in [2.45, 2.75) is 5.44 Å². The van der Waals surface area contributed by atoms with Crippen molar-refractivity contribution in [3.63, 3.8) is 0 Å². The van der Waals surface area contributed by atoms with Crippen LogP contribution in [-0.4, -0.2) is 24.8 Å². The summed E-state index contributed by atoms with van der Waals surface area (Å²) in [5, 5.41) is 8.77. The zero-order valence-electron chi connectivity index (χ0n) is 10.1. The molecular weight excluding hydrogens is 282 g/mol. The minimum Gasteiger partial charge on any atom is -0.769 e. The van der Waals surface area contributed by atoms with Crippen molar-refractivity contribution >= 4 is 17.0 Å². The van der Waals surface area contributed by atoms with Gasteiger partial charge in [-0.1, -0.05) is 6.07 Å². The summed E-state index contributed by atoms with van der Waals surface area (Å²) in [5.41, 5.74) is -0.898. The summed E-state index contributed by atoms with van der Waals surface area (Å²) in [6.07, 6.45) is 1.46. The first-order valence-corrected chi connectivity index (χ1v) is 6.71. The van der Waals surface area contributed by atoms with Gasteiger partial charge in [-0.3, -0.25) is 9.19 Å². The van der Waals surface area contributed by atoms with Crippen LogP contribution in [0.3, 0.4) is 0 Å². The van der Waals surface area contributed by atoms with Gasteiger partial charge in [0.2, 0.25) is 5.44 Å². The van der Waals surface area contributed by atoms with Crippen molar-refractivity contribution in [3.05, 3.63) is 59.9 Å².